The number of nitrogens with one attached hydrogen (secondary N) is 1. The molecule has 22 heavy (non-hydrogen) atoms. The molecule has 114 valence electrons. The van der Waals surface area contributed by atoms with Crippen molar-refractivity contribution in [2.75, 3.05) is 5.32 Å². The summed E-state index contributed by atoms with van der Waals surface area (Å²) in [7, 11) is 0. The largest absolute Gasteiger partial charge is 0.485 e. The van der Waals surface area contributed by atoms with Crippen molar-refractivity contribution in [3.05, 3.63) is 58.5 Å². The van der Waals surface area contributed by atoms with Gasteiger partial charge in [0.2, 0.25) is 5.91 Å². The molecule has 0 unspecified atom stereocenters. The summed E-state index contributed by atoms with van der Waals surface area (Å²) in [5.41, 5.74) is 1.27. The molecule has 0 fully saturated rings. The molecule has 3 rings (SSSR count). The van der Waals surface area contributed by atoms with E-state index in [9.17, 15) is 9.59 Å². The third-order valence-electron chi connectivity index (χ3n) is 3.58. The third kappa shape index (κ3) is 2.88. The number of benzene rings is 1. The Hall–Kier alpha value is -2.56. The van der Waals surface area contributed by atoms with E-state index in [1.165, 1.54) is 10.6 Å². The predicted molar refractivity (Wildman–Crippen MR) is 84.2 cm³/mol. The van der Waals surface area contributed by atoms with E-state index in [4.69, 9.17) is 4.74 Å². The fourth-order valence-electron chi connectivity index (χ4n) is 2.65. The molecular formula is C17H18N2O3. The molecule has 2 aromatic rings. The minimum Gasteiger partial charge on any atom is -0.485 e. The van der Waals surface area contributed by atoms with Gasteiger partial charge < -0.3 is 14.6 Å². The molecule has 1 N–H and O–H groups in total. The highest BCUT2D eigenvalue weighted by atomic mass is 16.5. The molecule has 0 aliphatic carbocycles. The minimum atomic E-state index is -0.264. The Morgan fingerprint density at radius 2 is 2.09 bits per heavy atom. The lowest BCUT2D eigenvalue weighted by Gasteiger charge is -2.18. The van der Waals surface area contributed by atoms with Crippen molar-refractivity contribution in [3.8, 4) is 5.75 Å². The summed E-state index contributed by atoms with van der Waals surface area (Å²) in [5, 5.41) is 2.83. The van der Waals surface area contributed by atoms with Gasteiger partial charge in [0, 0.05) is 24.2 Å². The van der Waals surface area contributed by atoms with Crippen LogP contribution in [0.25, 0.3) is 0 Å². The maximum Gasteiger partial charge on any atom is 0.250 e. The van der Waals surface area contributed by atoms with E-state index >= 15 is 0 Å². The first kappa shape index (κ1) is 14.4. The Balaban J connectivity index is 1.78. The van der Waals surface area contributed by atoms with Crippen LogP contribution >= 0.6 is 0 Å². The first-order chi connectivity index (χ1) is 10.4. The number of aromatic nitrogens is 1. The van der Waals surface area contributed by atoms with Gasteiger partial charge in [-0.05, 0) is 26.0 Å². The van der Waals surface area contributed by atoms with Gasteiger partial charge in [-0.15, -0.1) is 0 Å². The average Bonchev–Trinajstić information content (AvgIpc) is 2.76. The van der Waals surface area contributed by atoms with Crippen LogP contribution in [0.2, 0.25) is 0 Å². The van der Waals surface area contributed by atoms with Gasteiger partial charge in [0.1, 0.15) is 17.9 Å². The van der Waals surface area contributed by atoms with Crippen LogP contribution in [0, 0.1) is 0 Å². The van der Waals surface area contributed by atoms with Crippen LogP contribution in [0.1, 0.15) is 19.4 Å². The molecule has 2 heterocycles. The van der Waals surface area contributed by atoms with E-state index in [2.05, 4.69) is 5.32 Å². The minimum absolute atomic E-state index is 0.0211. The standard InChI is InChI=1S/C17H18N2O3/c1-17(2)10-12-6-5-7-13(16(12)22-17)18-14(20)11-19-9-4-3-8-15(19)21/h3-9H,10-11H2,1-2H3,(H,18,20). The Labute approximate surface area is 128 Å². The van der Waals surface area contributed by atoms with Crippen molar-refractivity contribution in [3.63, 3.8) is 0 Å². The van der Waals surface area contributed by atoms with E-state index in [0.29, 0.717) is 5.69 Å². The molecule has 0 radical (unpaired) electrons. The van der Waals surface area contributed by atoms with Crippen molar-refractivity contribution >= 4 is 11.6 Å². The summed E-state index contributed by atoms with van der Waals surface area (Å²) in [6.45, 7) is 4.01. The number of nitrogens with zero attached hydrogens (tertiary/aromatic N) is 1. The molecule has 1 aliphatic heterocycles. The maximum atomic E-state index is 12.2. The van der Waals surface area contributed by atoms with Gasteiger partial charge >= 0.3 is 0 Å². The second kappa shape index (κ2) is 5.33. The van der Waals surface area contributed by atoms with E-state index < -0.39 is 0 Å². The topological polar surface area (TPSA) is 60.3 Å². The fourth-order valence-corrected chi connectivity index (χ4v) is 2.65. The van der Waals surface area contributed by atoms with Crippen LogP contribution in [-0.2, 0) is 17.8 Å². The highest BCUT2D eigenvalue weighted by Gasteiger charge is 2.31. The Morgan fingerprint density at radius 1 is 1.27 bits per heavy atom. The number of anilines is 1. The first-order valence-corrected chi connectivity index (χ1v) is 7.21. The van der Waals surface area contributed by atoms with Gasteiger partial charge in [0.15, 0.2) is 0 Å². The lowest BCUT2D eigenvalue weighted by Crippen LogP contribution is -2.27. The summed E-state index contributed by atoms with van der Waals surface area (Å²) >= 11 is 0. The maximum absolute atomic E-state index is 12.2. The molecule has 1 aliphatic rings. The zero-order valence-electron chi connectivity index (χ0n) is 12.6. The molecule has 0 atom stereocenters. The number of carbonyl (C=O) groups excluding carboxylic acids is 1. The predicted octanol–water partition coefficient (Wildman–Crippen LogP) is 2.20. The van der Waals surface area contributed by atoms with E-state index in [1.807, 2.05) is 32.0 Å². The molecule has 1 aromatic carbocycles. The normalized spacial score (nSPS) is 15.0. The SMILES string of the molecule is CC1(C)Cc2cccc(NC(=O)Cn3ccccc3=O)c2O1. The van der Waals surface area contributed by atoms with Crippen molar-refractivity contribution < 1.29 is 9.53 Å². The molecule has 0 saturated heterocycles. The summed E-state index contributed by atoms with van der Waals surface area (Å²) < 4.78 is 7.28. The van der Waals surface area contributed by atoms with Gasteiger partial charge in [0.05, 0.1) is 5.69 Å². The number of amides is 1. The van der Waals surface area contributed by atoms with E-state index in [1.54, 1.807) is 18.3 Å². The molecule has 0 bridgehead atoms. The number of hydrogen-bond donors (Lipinski definition) is 1. The van der Waals surface area contributed by atoms with Crippen LogP contribution in [0.4, 0.5) is 5.69 Å². The van der Waals surface area contributed by atoms with Crippen LogP contribution in [0.5, 0.6) is 5.75 Å². The molecule has 5 nitrogen and oxygen atoms in total. The number of rotatable bonds is 3. The highest BCUT2D eigenvalue weighted by molar-refractivity contribution is 5.92. The van der Waals surface area contributed by atoms with Gasteiger partial charge in [-0.2, -0.15) is 0 Å². The second-order valence-electron chi connectivity index (χ2n) is 6.05. The third-order valence-corrected chi connectivity index (χ3v) is 3.58. The lowest BCUT2D eigenvalue weighted by atomic mass is 10.0. The van der Waals surface area contributed by atoms with Crippen molar-refractivity contribution in [2.45, 2.75) is 32.4 Å². The van der Waals surface area contributed by atoms with Crippen molar-refractivity contribution in [1.82, 2.24) is 4.57 Å². The van der Waals surface area contributed by atoms with Crippen LogP contribution in [-0.4, -0.2) is 16.1 Å². The zero-order chi connectivity index (χ0) is 15.7. The first-order valence-electron chi connectivity index (χ1n) is 7.21. The highest BCUT2D eigenvalue weighted by Crippen LogP contribution is 2.40. The van der Waals surface area contributed by atoms with Gasteiger partial charge in [-0.25, -0.2) is 0 Å². The second-order valence-corrected chi connectivity index (χ2v) is 6.05. The van der Waals surface area contributed by atoms with E-state index in [-0.39, 0.29) is 23.6 Å². The smallest absolute Gasteiger partial charge is 0.250 e. The molecule has 5 heteroatoms. The summed E-state index contributed by atoms with van der Waals surface area (Å²) in [5.74, 6) is 0.469. The zero-order valence-corrected chi connectivity index (χ0v) is 12.6. The summed E-state index contributed by atoms with van der Waals surface area (Å²) in [6, 6.07) is 10.5. The van der Waals surface area contributed by atoms with E-state index in [0.717, 1.165) is 17.7 Å². The van der Waals surface area contributed by atoms with Gasteiger partial charge in [0.25, 0.3) is 5.56 Å². The molecule has 1 amide bonds. The molecule has 0 spiro atoms. The van der Waals surface area contributed by atoms with Crippen LogP contribution in [0.15, 0.2) is 47.4 Å². The van der Waals surface area contributed by atoms with Gasteiger partial charge in [-0.1, -0.05) is 18.2 Å². The van der Waals surface area contributed by atoms with Crippen LogP contribution < -0.4 is 15.6 Å². The number of pyridine rings is 1. The van der Waals surface area contributed by atoms with Crippen molar-refractivity contribution in [1.29, 1.82) is 0 Å². The number of hydrogen-bond acceptors (Lipinski definition) is 3. The number of ether oxygens (including phenoxy) is 1. The molecule has 0 saturated carbocycles. The number of fused-ring (bicyclic) bond motifs is 1. The monoisotopic (exact) mass is 298 g/mol. The Bertz CT molecular complexity index is 777. The van der Waals surface area contributed by atoms with Gasteiger partial charge in [-0.3, -0.25) is 9.59 Å². The van der Waals surface area contributed by atoms with Crippen LogP contribution in [0.3, 0.4) is 0 Å². The van der Waals surface area contributed by atoms with Crippen molar-refractivity contribution in [2.24, 2.45) is 0 Å². The Kier molecular flexibility index (Phi) is 3.48. The number of carbonyl (C=O) groups is 1. The number of para-hydroxylation sites is 1. The lowest BCUT2D eigenvalue weighted by molar-refractivity contribution is -0.116. The Morgan fingerprint density at radius 3 is 2.86 bits per heavy atom. The molecule has 1 aromatic heterocycles. The summed E-state index contributed by atoms with van der Waals surface area (Å²) in [4.78, 5) is 23.8. The average molecular weight is 298 g/mol. The fraction of sp³-hybridized carbons (Fsp3) is 0.294. The molecular weight excluding hydrogens is 280 g/mol. The summed E-state index contributed by atoms with van der Waals surface area (Å²) in [6.07, 6.45) is 2.40. The quantitative estimate of drug-likeness (QED) is 0.945.